The average molecular weight is 474 g/mol. The maximum atomic E-state index is 13.3. The standard InChI is InChI=1S/C29H47NO4/c1-4-7-10-13-14-17-21-33-24-18-19-25-26(23-24)30(20-15-11-8-5-2)29(32)28(27(25)31)34-22-16-12-9-6-3/h18-19,23,31H,4-17,20-22H2,1-3H3. The van der Waals surface area contributed by atoms with Crippen LogP contribution in [-0.2, 0) is 6.54 Å². The van der Waals surface area contributed by atoms with Gasteiger partial charge in [0, 0.05) is 18.0 Å². The van der Waals surface area contributed by atoms with Gasteiger partial charge >= 0.3 is 0 Å². The lowest BCUT2D eigenvalue weighted by Gasteiger charge is -2.17. The number of aryl methyl sites for hydroxylation is 1. The summed E-state index contributed by atoms with van der Waals surface area (Å²) in [5, 5.41) is 11.5. The van der Waals surface area contributed by atoms with Crippen LogP contribution in [0.15, 0.2) is 23.0 Å². The predicted molar refractivity (Wildman–Crippen MR) is 143 cm³/mol. The lowest BCUT2D eigenvalue weighted by Crippen LogP contribution is -2.23. The fourth-order valence-corrected chi connectivity index (χ4v) is 4.30. The zero-order chi connectivity index (χ0) is 24.6. The molecule has 0 unspecified atom stereocenters. The second-order valence-corrected chi connectivity index (χ2v) is 9.40. The van der Waals surface area contributed by atoms with Crippen molar-refractivity contribution in [1.29, 1.82) is 0 Å². The molecule has 0 aliphatic carbocycles. The predicted octanol–water partition coefficient (Wildman–Crippen LogP) is 7.99. The van der Waals surface area contributed by atoms with Gasteiger partial charge in [0.1, 0.15) is 5.75 Å². The first kappa shape index (κ1) is 28.1. The van der Waals surface area contributed by atoms with Gasteiger partial charge in [-0.3, -0.25) is 4.79 Å². The summed E-state index contributed by atoms with van der Waals surface area (Å²) in [4.78, 5) is 13.3. The molecule has 5 heteroatoms. The van der Waals surface area contributed by atoms with Gasteiger partial charge in [0.15, 0.2) is 5.75 Å². The van der Waals surface area contributed by atoms with Crippen LogP contribution < -0.4 is 15.0 Å². The number of benzene rings is 1. The Kier molecular flexibility index (Phi) is 13.6. The van der Waals surface area contributed by atoms with E-state index >= 15 is 0 Å². The molecule has 0 aliphatic heterocycles. The average Bonchev–Trinajstić information content (AvgIpc) is 2.84. The number of fused-ring (bicyclic) bond motifs is 1. The van der Waals surface area contributed by atoms with Crippen molar-refractivity contribution in [1.82, 2.24) is 4.57 Å². The molecule has 1 heterocycles. The van der Waals surface area contributed by atoms with E-state index in [1.54, 1.807) is 4.57 Å². The molecule has 5 nitrogen and oxygen atoms in total. The highest BCUT2D eigenvalue weighted by molar-refractivity contribution is 5.88. The van der Waals surface area contributed by atoms with Gasteiger partial charge in [-0.2, -0.15) is 0 Å². The third-order valence-electron chi connectivity index (χ3n) is 6.42. The fraction of sp³-hybridized carbons (Fsp3) is 0.690. The summed E-state index contributed by atoms with van der Waals surface area (Å²) in [6.45, 7) is 8.31. The zero-order valence-corrected chi connectivity index (χ0v) is 21.9. The third-order valence-corrected chi connectivity index (χ3v) is 6.42. The van der Waals surface area contributed by atoms with Crippen molar-refractivity contribution in [3.63, 3.8) is 0 Å². The number of nitrogens with zero attached hydrogens (tertiary/aromatic N) is 1. The molecule has 0 atom stereocenters. The summed E-state index contributed by atoms with van der Waals surface area (Å²) in [6.07, 6.45) is 15.8. The van der Waals surface area contributed by atoms with E-state index in [0.29, 0.717) is 25.1 Å². The van der Waals surface area contributed by atoms with Gasteiger partial charge in [-0.25, -0.2) is 0 Å². The van der Waals surface area contributed by atoms with E-state index in [9.17, 15) is 9.90 Å². The van der Waals surface area contributed by atoms with Gasteiger partial charge < -0.3 is 19.1 Å². The third kappa shape index (κ3) is 8.88. The summed E-state index contributed by atoms with van der Waals surface area (Å²) >= 11 is 0. The van der Waals surface area contributed by atoms with Gasteiger partial charge in [0.25, 0.3) is 5.56 Å². The van der Waals surface area contributed by atoms with Crippen LogP contribution in [0.2, 0.25) is 0 Å². The molecule has 2 aromatic rings. The first-order valence-corrected chi connectivity index (χ1v) is 13.8. The molecule has 0 saturated heterocycles. The second-order valence-electron chi connectivity index (χ2n) is 9.40. The van der Waals surface area contributed by atoms with Crippen LogP contribution in [0.4, 0.5) is 0 Å². The molecule has 1 N–H and O–H groups in total. The van der Waals surface area contributed by atoms with E-state index in [2.05, 4.69) is 20.8 Å². The van der Waals surface area contributed by atoms with Crippen molar-refractivity contribution in [2.45, 2.75) is 117 Å². The summed E-state index contributed by atoms with van der Waals surface area (Å²) in [6, 6.07) is 5.64. The lowest BCUT2D eigenvalue weighted by atomic mass is 10.1. The van der Waals surface area contributed by atoms with Crippen molar-refractivity contribution in [2.75, 3.05) is 13.2 Å². The molecule has 34 heavy (non-hydrogen) atoms. The highest BCUT2D eigenvalue weighted by Crippen LogP contribution is 2.34. The Morgan fingerprint density at radius 3 is 1.97 bits per heavy atom. The van der Waals surface area contributed by atoms with E-state index in [4.69, 9.17) is 9.47 Å². The topological polar surface area (TPSA) is 60.7 Å². The molecule has 0 saturated carbocycles. The van der Waals surface area contributed by atoms with Crippen LogP contribution in [-0.4, -0.2) is 22.9 Å². The van der Waals surface area contributed by atoms with E-state index in [1.165, 1.54) is 32.1 Å². The summed E-state index contributed by atoms with van der Waals surface area (Å²) in [5.41, 5.74) is 0.475. The van der Waals surface area contributed by atoms with Crippen LogP contribution in [0.25, 0.3) is 10.9 Å². The minimum atomic E-state index is -0.245. The van der Waals surface area contributed by atoms with Crippen molar-refractivity contribution < 1.29 is 14.6 Å². The quantitative estimate of drug-likeness (QED) is 0.210. The van der Waals surface area contributed by atoms with Crippen molar-refractivity contribution in [3.05, 3.63) is 28.6 Å². The number of ether oxygens (including phenoxy) is 2. The smallest absolute Gasteiger partial charge is 0.297 e. The Labute approximate surface area is 206 Å². The fourth-order valence-electron chi connectivity index (χ4n) is 4.30. The van der Waals surface area contributed by atoms with Crippen LogP contribution in [0.1, 0.15) is 111 Å². The molecule has 0 spiro atoms. The van der Waals surface area contributed by atoms with Crippen molar-refractivity contribution in [3.8, 4) is 17.2 Å². The van der Waals surface area contributed by atoms with Gasteiger partial charge in [0.2, 0.25) is 5.75 Å². The summed E-state index contributed by atoms with van der Waals surface area (Å²) < 4.78 is 13.6. The monoisotopic (exact) mass is 473 g/mol. The number of unbranched alkanes of at least 4 members (excludes halogenated alkanes) is 11. The maximum Gasteiger partial charge on any atom is 0.297 e. The number of aromatic hydroxyl groups is 1. The van der Waals surface area contributed by atoms with E-state index in [-0.39, 0.29) is 17.1 Å². The van der Waals surface area contributed by atoms with Gasteiger partial charge in [-0.05, 0) is 31.4 Å². The maximum absolute atomic E-state index is 13.3. The van der Waals surface area contributed by atoms with E-state index in [0.717, 1.165) is 69.1 Å². The zero-order valence-electron chi connectivity index (χ0n) is 21.9. The number of aromatic nitrogens is 1. The largest absolute Gasteiger partial charge is 0.504 e. The van der Waals surface area contributed by atoms with Crippen LogP contribution in [0.3, 0.4) is 0 Å². The van der Waals surface area contributed by atoms with Crippen LogP contribution in [0.5, 0.6) is 17.2 Å². The molecule has 0 radical (unpaired) electrons. The normalized spacial score (nSPS) is 11.3. The molecule has 0 amide bonds. The second kappa shape index (κ2) is 16.5. The summed E-state index contributed by atoms with van der Waals surface area (Å²) in [5.74, 6) is 0.776. The molecule has 0 aliphatic rings. The van der Waals surface area contributed by atoms with Crippen LogP contribution >= 0.6 is 0 Å². The Morgan fingerprint density at radius 2 is 1.29 bits per heavy atom. The molecule has 192 valence electrons. The molecule has 2 rings (SSSR count). The summed E-state index contributed by atoms with van der Waals surface area (Å²) in [7, 11) is 0. The van der Waals surface area contributed by atoms with Crippen molar-refractivity contribution >= 4 is 10.9 Å². The van der Waals surface area contributed by atoms with Gasteiger partial charge in [-0.1, -0.05) is 91.4 Å². The molecule has 0 fully saturated rings. The molecule has 1 aromatic heterocycles. The first-order valence-electron chi connectivity index (χ1n) is 13.8. The lowest BCUT2D eigenvalue weighted by molar-refractivity contribution is 0.284. The van der Waals surface area contributed by atoms with Gasteiger partial charge in [-0.15, -0.1) is 0 Å². The molecular formula is C29H47NO4. The highest BCUT2D eigenvalue weighted by Gasteiger charge is 2.18. The number of pyridine rings is 1. The van der Waals surface area contributed by atoms with Crippen LogP contribution in [0, 0.1) is 0 Å². The van der Waals surface area contributed by atoms with E-state index < -0.39 is 0 Å². The molecule has 1 aromatic carbocycles. The Hall–Kier alpha value is -2.17. The number of hydrogen-bond donors (Lipinski definition) is 1. The molecular weight excluding hydrogens is 426 g/mol. The SMILES string of the molecule is CCCCCCCCOc1ccc2c(O)c(OCCCCCC)c(=O)n(CCCCCC)c2c1. The Bertz CT molecular complexity index is 890. The Morgan fingerprint density at radius 1 is 0.735 bits per heavy atom. The minimum Gasteiger partial charge on any atom is -0.504 e. The van der Waals surface area contributed by atoms with Crippen molar-refractivity contribution in [2.24, 2.45) is 0 Å². The minimum absolute atomic E-state index is 0.0530. The van der Waals surface area contributed by atoms with E-state index in [1.807, 2.05) is 18.2 Å². The number of rotatable bonds is 19. The number of hydrogen-bond acceptors (Lipinski definition) is 4. The van der Waals surface area contributed by atoms with Gasteiger partial charge in [0.05, 0.1) is 18.7 Å². The first-order chi connectivity index (χ1) is 16.6. The highest BCUT2D eigenvalue weighted by atomic mass is 16.5. The molecule has 0 bridgehead atoms. The Balaban J connectivity index is 2.18.